The number of nitrogens with zero attached hydrogens (tertiary/aromatic N) is 1. The highest BCUT2D eigenvalue weighted by Gasteiger charge is 2.18. The van der Waals surface area contributed by atoms with Gasteiger partial charge in [-0.05, 0) is 44.0 Å². The quantitative estimate of drug-likeness (QED) is 0.864. The number of hydrogen-bond acceptors (Lipinski definition) is 2. The van der Waals surface area contributed by atoms with Gasteiger partial charge in [0.25, 0.3) is 0 Å². The van der Waals surface area contributed by atoms with Gasteiger partial charge < -0.3 is 15.2 Å². The number of nitrogens with one attached hydrogen (secondary N) is 2. The fraction of sp³-hybridized carbons (Fsp3) is 0.500. The largest absolute Gasteiger partial charge is 0.361 e. The van der Waals surface area contributed by atoms with Crippen molar-refractivity contribution in [1.82, 2.24) is 15.2 Å². The maximum absolute atomic E-state index is 3.63. The molecule has 0 saturated carbocycles. The number of aromatic amines is 1. The van der Waals surface area contributed by atoms with Gasteiger partial charge in [0.2, 0.25) is 0 Å². The van der Waals surface area contributed by atoms with E-state index in [1.54, 1.807) is 0 Å². The number of aromatic nitrogens is 1. The smallest absolute Gasteiger partial charge is 0.0489 e. The standard InChI is InChI=1S/C16H23N3/c1-11-4-5-12(2)16-15(11)13(9-18-16)8-14-10-19(3)7-6-17-14/h4-5,9,14,17-18H,6-8,10H2,1-3H3. The zero-order chi connectivity index (χ0) is 13.4. The molecule has 19 heavy (non-hydrogen) atoms. The van der Waals surface area contributed by atoms with Gasteiger partial charge in [0, 0.05) is 42.8 Å². The third-order valence-corrected chi connectivity index (χ3v) is 4.26. The third-order valence-electron chi connectivity index (χ3n) is 4.26. The Balaban J connectivity index is 1.91. The molecule has 3 nitrogen and oxygen atoms in total. The van der Waals surface area contributed by atoms with Gasteiger partial charge in [-0.1, -0.05) is 12.1 Å². The van der Waals surface area contributed by atoms with E-state index in [1.807, 2.05) is 0 Å². The van der Waals surface area contributed by atoms with Crippen LogP contribution in [-0.4, -0.2) is 42.6 Å². The van der Waals surface area contributed by atoms with Gasteiger partial charge in [0.1, 0.15) is 0 Å². The van der Waals surface area contributed by atoms with Crippen molar-refractivity contribution in [3.8, 4) is 0 Å². The minimum absolute atomic E-state index is 0.567. The van der Waals surface area contributed by atoms with Crippen LogP contribution in [0, 0.1) is 13.8 Å². The maximum Gasteiger partial charge on any atom is 0.0489 e. The average molecular weight is 257 g/mol. The van der Waals surface area contributed by atoms with E-state index in [9.17, 15) is 0 Å². The van der Waals surface area contributed by atoms with Crippen molar-refractivity contribution >= 4 is 10.9 Å². The Bertz CT molecular complexity index is 585. The van der Waals surface area contributed by atoms with Crippen molar-refractivity contribution in [1.29, 1.82) is 0 Å². The Morgan fingerprint density at radius 3 is 2.84 bits per heavy atom. The van der Waals surface area contributed by atoms with Crippen LogP contribution in [0.4, 0.5) is 0 Å². The first kappa shape index (κ1) is 12.7. The predicted octanol–water partition coefficient (Wildman–Crippen LogP) is 2.23. The van der Waals surface area contributed by atoms with Crippen LogP contribution in [0.5, 0.6) is 0 Å². The summed E-state index contributed by atoms with van der Waals surface area (Å²) in [4.78, 5) is 5.87. The van der Waals surface area contributed by atoms with Gasteiger partial charge in [-0.15, -0.1) is 0 Å². The van der Waals surface area contributed by atoms with Gasteiger partial charge in [-0.2, -0.15) is 0 Å². The lowest BCUT2D eigenvalue weighted by Crippen LogP contribution is -2.49. The SMILES string of the molecule is Cc1ccc(C)c2c(CC3CN(C)CCN3)c[nH]c12. The molecule has 1 saturated heterocycles. The molecule has 1 aromatic carbocycles. The molecule has 1 aliphatic rings. The molecule has 0 aliphatic carbocycles. The van der Waals surface area contributed by atoms with Crippen LogP contribution in [0.25, 0.3) is 10.9 Å². The first-order valence-corrected chi connectivity index (χ1v) is 7.13. The van der Waals surface area contributed by atoms with Gasteiger partial charge in [0.15, 0.2) is 0 Å². The Morgan fingerprint density at radius 1 is 1.26 bits per heavy atom. The second-order valence-corrected chi connectivity index (χ2v) is 5.88. The fourth-order valence-electron chi connectivity index (χ4n) is 3.20. The summed E-state index contributed by atoms with van der Waals surface area (Å²) in [6.45, 7) is 7.77. The number of hydrogen-bond donors (Lipinski definition) is 2. The van der Waals surface area contributed by atoms with Crippen LogP contribution in [0.3, 0.4) is 0 Å². The van der Waals surface area contributed by atoms with E-state index in [0.29, 0.717) is 6.04 Å². The van der Waals surface area contributed by atoms with Crippen molar-refractivity contribution < 1.29 is 0 Å². The molecule has 1 fully saturated rings. The number of aryl methyl sites for hydroxylation is 2. The molecular formula is C16H23N3. The Hall–Kier alpha value is -1.32. The highest BCUT2D eigenvalue weighted by molar-refractivity contribution is 5.89. The zero-order valence-corrected chi connectivity index (χ0v) is 12.1. The molecule has 1 unspecified atom stereocenters. The van der Waals surface area contributed by atoms with Crippen LogP contribution in [0.2, 0.25) is 0 Å². The van der Waals surface area contributed by atoms with E-state index < -0.39 is 0 Å². The number of piperazine rings is 1. The lowest BCUT2D eigenvalue weighted by molar-refractivity contribution is 0.238. The minimum Gasteiger partial charge on any atom is -0.361 e. The molecule has 1 atom stereocenters. The molecule has 0 amide bonds. The van der Waals surface area contributed by atoms with Crippen molar-refractivity contribution in [2.45, 2.75) is 26.3 Å². The monoisotopic (exact) mass is 257 g/mol. The maximum atomic E-state index is 3.63. The van der Waals surface area contributed by atoms with Crippen LogP contribution in [0.1, 0.15) is 16.7 Å². The lowest BCUT2D eigenvalue weighted by atomic mass is 9.99. The fourth-order valence-corrected chi connectivity index (χ4v) is 3.20. The van der Waals surface area contributed by atoms with Crippen molar-refractivity contribution in [2.75, 3.05) is 26.7 Å². The van der Waals surface area contributed by atoms with E-state index in [0.717, 1.165) is 26.1 Å². The molecule has 2 aromatic rings. The summed E-state index contributed by atoms with van der Waals surface area (Å²) in [6.07, 6.45) is 3.30. The average Bonchev–Trinajstić information content (AvgIpc) is 2.79. The topological polar surface area (TPSA) is 31.1 Å². The highest BCUT2D eigenvalue weighted by atomic mass is 15.2. The molecule has 2 N–H and O–H groups in total. The van der Waals surface area contributed by atoms with Crippen LogP contribution in [-0.2, 0) is 6.42 Å². The van der Waals surface area contributed by atoms with E-state index in [1.165, 1.54) is 27.6 Å². The Morgan fingerprint density at radius 2 is 2.05 bits per heavy atom. The van der Waals surface area contributed by atoms with Gasteiger partial charge in [-0.25, -0.2) is 0 Å². The van der Waals surface area contributed by atoms with Gasteiger partial charge in [-0.3, -0.25) is 0 Å². The molecule has 0 radical (unpaired) electrons. The van der Waals surface area contributed by atoms with E-state index in [2.05, 4.69) is 54.4 Å². The molecular weight excluding hydrogens is 234 g/mol. The summed E-state index contributed by atoms with van der Waals surface area (Å²) >= 11 is 0. The minimum atomic E-state index is 0.567. The van der Waals surface area contributed by atoms with Crippen molar-refractivity contribution in [2.24, 2.45) is 0 Å². The molecule has 1 aromatic heterocycles. The van der Waals surface area contributed by atoms with E-state index >= 15 is 0 Å². The molecule has 3 heteroatoms. The first-order valence-electron chi connectivity index (χ1n) is 7.13. The van der Waals surface area contributed by atoms with Gasteiger partial charge >= 0.3 is 0 Å². The lowest BCUT2D eigenvalue weighted by Gasteiger charge is -2.30. The number of likely N-dealkylation sites (N-methyl/N-ethyl adjacent to an activating group) is 1. The zero-order valence-electron chi connectivity index (χ0n) is 12.1. The second kappa shape index (κ2) is 4.99. The summed E-state index contributed by atoms with van der Waals surface area (Å²) < 4.78 is 0. The summed E-state index contributed by atoms with van der Waals surface area (Å²) in [5, 5.41) is 5.06. The normalized spacial score (nSPS) is 21.1. The van der Waals surface area contributed by atoms with Crippen LogP contribution >= 0.6 is 0 Å². The van der Waals surface area contributed by atoms with Crippen molar-refractivity contribution in [3.05, 3.63) is 35.0 Å². The number of benzene rings is 1. The first-order chi connectivity index (χ1) is 9.15. The summed E-state index contributed by atoms with van der Waals surface area (Å²) in [5.41, 5.74) is 5.46. The van der Waals surface area contributed by atoms with Crippen LogP contribution in [0.15, 0.2) is 18.3 Å². The predicted molar refractivity (Wildman–Crippen MR) is 80.8 cm³/mol. The molecule has 0 bridgehead atoms. The van der Waals surface area contributed by atoms with Crippen LogP contribution < -0.4 is 5.32 Å². The van der Waals surface area contributed by atoms with Gasteiger partial charge in [0.05, 0.1) is 0 Å². The Labute approximate surface area is 115 Å². The summed E-state index contributed by atoms with van der Waals surface area (Å²) in [7, 11) is 2.21. The summed E-state index contributed by atoms with van der Waals surface area (Å²) in [6, 6.07) is 5.00. The molecule has 3 rings (SSSR count). The number of fused-ring (bicyclic) bond motifs is 1. The van der Waals surface area contributed by atoms with E-state index in [-0.39, 0.29) is 0 Å². The second-order valence-electron chi connectivity index (χ2n) is 5.88. The van der Waals surface area contributed by atoms with Crippen molar-refractivity contribution in [3.63, 3.8) is 0 Å². The third kappa shape index (κ3) is 2.40. The molecule has 102 valence electrons. The Kier molecular flexibility index (Phi) is 3.33. The van der Waals surface area contributed by atoms with E-state index in [4.69, 9.17) is 0 Å². The summed E-state index contributed by atoms with van der Waals surface area (Å²) in [5.74, 6) is 0. The molecule has 2 heterocycles. The number of rotatable bonds is 2. The molecule has 1 aliphatic heterocycles. The number of H-pyrrole nitrogens is 1. The molecule has 0 spiro atoms. The highest BCUT2D eigenvalue weighted by Crippen LogP contribution is 2.26.